The van der Waals surface area contributed by atoms with Crippen LogP contribution in [0.3, 0.4) is 0 Å². The Morgan fingerprint density at radius 2 is 1.97 bits per heavy atom. The van der Waals surface area contributed by atoms with Gasteiger partial charge in [0.25, 0.3) is 0 Å². The van der Waals surface area contributed by atoms with Crippen LogP contribution in [0.25, 0.3) is 10.8 Å². The largest absolute Gasteiger partial charge is 0.385 e. The summed E-state index contributed by atoms with van der Waals surface area (Å²) in [4.78, 5) is 16.4. The maximum atomic E-state index is 14.4. The summed E-state index contributed by atoms with van der Waals surface area (Å²) in [5, 5.41) is 5.68. The van der Waals surface area contributed by atoms with Crippen molar-refractivity contribution in [3.8, 4) is 0 Å². The Balaban J connectivity index is 1.34. The van der Waals surface area contributed by atoms with Crippen molar-refractivity contribution in [3.63, 3.8) is 0 Å². The molecule has 200 valence electrons. The molecule has 0 bridgehead atoms. The Bertz CT molecular complexity index is 1360. The zero-order valence-electron chi connectivity index (χ0n) is 21.8. The van der Waals surface area contributed by atoms with Gasteiger partial charge in [-0.15, -0.1) is 0 Å². The second-order valence-corrected chi connectivity index (χ2v) is 10.9. The Labute approximate surface area is 222 Å². The van der Waals surface area contributed by atoms with E-state index in [2.05, 4.69) is 29.6 Å². The zero-order chi connectivity index (χ0) is 26.3. The van der Waals surface area contributed by atoms with E-state index in [9.17, 15) is 13.6 Å². The number of nitrogens with one attached hydrogen (secondary N) is 1. The number of rotatable bonds is 8. The number of hydrogen-bond acceptors (Lipinski definition) is 4. The smallest absolute Gasteiger partial charge is 0.230 e. The summed E-state index contributed by atoms with van der Waals surface area (Å²) in [6.07, 6.45) is 4.33. The third-order valence-corrected chi connectivity index (χ3v) is 8.40. The number of aryl methyl sites for hydroxylation is 1. The van der Waals surface area contributed by atoms with Gasteiger partial charge in [0, 0.05) is 32.8 Å². The molecule has 0 aromatic heterocycles. The average molecular weight is 521 g/mol. The van der Waals surface area contributed by atoms with Crippen LogP contribution in [0, 0.1) is 17.6 Å². The van der Waals surface area contributed by atoms with Crippen molar-refractivity contribution in [2.24, 2.45) is 5.92 Å². The summed E-state index contributed by atoms with van der Waals surface area (Å²) in [7, 11) is 1.72. The predicted octanol–water partition coefficient (Wildman–Crippen LogP) is 5.22. The van der Waals surface area contributed by atoms with Crippen molar-refractivity contribution in [1.29, 1.82) is 0 Å². The normalized spacial score (nSPS) is 22.7. The van der Waals surface area contributed by atoms with Crippen LogP contribution in [-0.4, -0.2) is 43.7 Å². The highest BCUT2D eigenvalue weighted by atomic mass is 19.2. The van der Waals surface area contributed by atoms with Crippen molar-refractivity contribution < 1.29 is 23.0 Å². The van der Waals surface area contributed by atoms with Crippen molar-refractivity contribution in [3.05, 3.63) is 82.4 Å². The predicted molar refractivity (Wildman–Crippen MR) is 142 cm³/mol. The minimum Gasteiger partial charge on any atom is -0.385 e. The summed E-state index contributed by atoms with van der Waals surface area (Å²) in [6.45, 7) is 2.50. The molecule has 0 radical (unpaired) electrons. The first-order chi connectivity index (χ1) is 18.5. The molecular formula is C31H34F2N2O3. The highest BCUT2D eigenvalue weighted by Crippen LogP contribution is 2.48. The van der Waals surface area contributed by atoms with Gasteiger partial charge in [-0.05, 0) is 83.8 Å². The van der Waals surface area contributed by atoms with E-state index in [4.69, 9.17) is 9.47 Å². The van der Waals surface area contributed by atoms with Crippen molar-refractivity contribution in [1.82, 2.24) is 10.2 Å². The maximum absolute atomic E-state index is 14.4. The van der Waals surface area contributed by atoms with E-state index in [1.807, 2.05) is 17.0 Å². The standard InChI is InChI=1S/C31H34F2N2O3/c1-37-12-4-5-20-13-21-6-2-3-7-25(21)22(14-20)18-35(24-8-9-24)30(36)27-17-34-11-10-31(27)26-16-29(33)28(32)15-23(26)19-38-31/h2-3,6-7,13-16,24,27,34H,4-5,8-12,17-19H2,1H3/t27?,31-/m0/s1. The van der Waals surface area contributed by atoms with E-state index >= 15 is 0 Å². The summed E-state index contributed by atoms with van der Waals surface area (Å²) < 4.78 is 39.9. The number of hydrogen-bond donors (Lipinski definition) is 1. The van der Waals surface area contributed by atoms with Gasteiger partial charge in [-0.25, -0.2) is 8.78 Å². The number of nitrogens with zero attached hydrogens (tertiary/aromatic N) is 1. The van der Waals surface area contributed by atoms with Gasteiger partial charge < -0.3 is 19.7 Å². The molecule has 3 aromatic rings. The molecule has 1 unspecified atom stereocenters. The van der Waals surface area contributed by atoms with Gasteiger partial charge in [-0.1, -0.05) is 36.4 Å². The third-order valence-electron chi connectivity index (χ3n) is 8.40. The van der Waals surface area contributed by atoms with Crippen molar-refractivity contribution >= 4 is 16.7 Å². The number of piperidine rings is 1. The first kappa shape index (κ1) is 25.4. The molecule has 1 N–H and O–H groups in total. The fraction of sp³-hybridized carbons (Fsp3) is 0.452. The minimum atomic E-state index is -0.941. The van der Waals surface area contributed by atoms with Gasteiger partial charge in [0.05, 0.1) is 12.5 Å². The van der Waals surface area contributed by atoms with Gasteiger partial charge in [-0.3, -0.25) is 4.79 Å². The van der Waals surface area contributed by atoms with Crippen LogP contribution in [0.5, 0.6) is 0 Å². The molecule has 3 aliphatic rings. The molecule has 1 saturated carbocycles. The second-order valence-electron chi connectivity index (χ2n) is 10.9. The summed E-state index contributed by atoms with van der Waals surface area (Å²) >= 11 is 0. The lowest BCUT2D eigenvalue weighted by Crippen LogP contribution is -2.55. The van der Waals surface area contributed by atoms with Crippen molar-refractivity contribution in [2.75, 3.05) is 26.8 Å². The van der Waals surface area contributed by atoms with Crippen LogP contribution in [0.2, 0.25) is 0 Å². The number of methoxy groups -OCH3 is 1. The van der Waals surface area contributed by atoms with E-state index in [1.54, 1.807) is 7.11 Å². The van der Waals surface area contributed by atoms with Crippen LogP contribution < -0.4 is 5.32 Å². The summed E-state index contributed by atoms with van der Waals surface area (Å²) in [5.41, 5.74) is 2.69. The molecule has 5 nitrogen and oxygen atoms in total. The van der Waals surface area contributed by atoms with Gasteiger partial charge in [-0.2, -0.15) is 0 Å². The number of benzene rings is 3. The van der Waals surface area contributed by atoms with Gasteiger partial charge in [0.2, 0.25) is 5.91 Å². The van der Waals surface area contributed by atoms with Gasteiger partial charge in [0.1, 0.15) is 5.60 Å². The highest BCUT2D eigenvalue weighted by Gasteiger charge is 2.53. The number of carbonyl (C=O) groups excluding carboxylic acids is 1. The Hall–Kier alpha value is -2.87. The lowest BCUT2D eigenvalue weighted by molar-refractivity contribution is -0.157. The maximum Gasteiger partial charge on any atom is 0.230 e. The number of halogens is 2. The third kappa shape index (κ3) is 4.61. The first-order valence-corrected chi connectivity index (χ1v) is 13.6. The van der Waals surface area contributed by atoms with Crippen LogP contribution in [0.4, 0.5) is 8.78 Å². The van der Waals surface area contributed by atoms with Crippen LogP contribution in [0.15, 0.2) is 48.5 Å². The SMILES string of the molecule is COCCCc1cc(CN(C(=O)C2CNCC[C@@]23OCc2cc(F)c(F)cc23)C2CC2)c2ccccc2c1. The zero-order valence-corrected chi connectivity index (χ0v) is 21.8. The first-order valence-electron chi connectivity index (χ1n) is 13.6. The Morgan fingerprint density at radius 1 is 1.16 bits per heavy atom. The Morgan fingerprint density at radius 3 is 2.79 bits per heavy atom. The fourth-order valence-corrected chi connectivity index (χ4v) is 6.34. The molecular weight excluding hydrogens is 486 g/mol. The summed E-state index contributed by atoms with van der Waals surface area (Å²) in [6, 6.07) is 15.5. The number of fused-ring (bicyclic) bond motifs is 3. The monoisotopic (exact) mass is 520 g/mol. The summed E-state index contributed by atoms with van der Waals surface area (Å²) in [5.74, 6) is -2.27. The molecule has 2 aliphatic heterocycles. The van der Waals surface area contributed by atoms with Gasteiger partial charge >= 0.3 is 0 Å². The minimum absolute atomic E-state index is 0.0196. The van der Waals surface area contributed by atoms with Crippen molar-refractivity contribution in [2.45, 2.75) is 56.9 Å². The van der Waals surface area contributed by atoms with E-state index in [1.165, 1.54) is 23.1 Å². The van der Waals surface area contributed by atoms with E-state index in [-0.39, 0.29) is 18.6 Å². The highest BCUT2D eigenvalue weighted by molar-refractivity contribution is 5.87. The molecule has 7 heteroatoms. The molecule has 6 rings (SSSR count). The quantitative estimate of drug-likeness (QED) is 0.414. The Kier molecular flexibility index (Phi) is 6.93. The van der Waals surface area contributed by atoms with E-state index in [0.29, 0.717) is 43.8 Å². The van der Waals surface area contributed by atoms with Gasteiger partial charge in [0.15, 0.2) is 11.6 Å². The molecule has 2 heterocycles. The second kappa shape index (κ2) is 10.4. The molecule has 38 heavy (non-hydrogen) atoms. The number of amides is 1. The topological polar surface area (TPSA) is 50.8 Å². The number of ether oxygens (including phenoxy) is 2. The molecule has 1 saturated heterocycles. The van der Waals surface area contributed by atoms with Crippen LogP contribution in [0.1, 0.15) is 47.9 Å². The van der Waals surface area contributed by atoms with Crippen LogP contribution >= 0.6 is 0 Å². The average Bonchev–Trinajstić information content (AvgIpc) is 3.72. The van der Waals surface area contributed by atoms with Crippen LogP contribution in [-0.2, 0) is 39.4 Å². The lowest BCUT2D eigenvalue weighted by atomic mass is 9.75. The lowest BCUT2D eigenvalue weighted by Gasteiger charge is -2.43. The molecule has 3 aromatic carbocycles. The molecule has 1 amide bonds. The molecule has 2 fully saturated rings. The fourth-order valence-electron chi connectivity index (χ4n) is 6.34. The molecule has 1 aliphatic carbocycles. The number of carbonyl (C=O) groups is 1. The van der Waals surface area contributed by atoms with E-state index in [0.717, 1.165) is 36.6 Å². The molecule has 2 atom stereocenters. The van der Waals surface area contributed by atoms with E-state index < -0.39 is 23.2 Å². The molecule has 1 spiro atoms.